The van der Waals surface area contributed by atoms with Gasteiger partial charge in [0.05, 0.1) is 7.11 Å². The van der Waals surface area contributed by atoms with E-state index >= 15 is 0 Å². The van der Waals surface area contributed by atoms with Crippen LogP contribution in [0.2, 0.25) is 0 Å². The molecule has 2 aromatic carbocycles. The first-order chi connectivity index (χ1) is 10.7. The lowest BCUT2D eigenvalue weighted by Gasteiger charge is -2.11. The van der Waals surface area contributed by atoms with E-state index in [1.165, 1.54) is 11.1 Å². The van der Waals surface area contributed by atoms with E-state index < -0.39 is 0 Å². The maximum Gasteiger partial charge on any atom is 0.169 e. The van der Waals surface area contributed by atoms with Crippen LogP contribution in [-0.2, 0) is 0 Å². The van der Waals surface area contributed by atoms with E-state index in [0.29, 0.717) is 5.75 Å². The fourth-order valence-corrected chi connectivity index (χ4v) is 2.14. The summed E-state index contributed by atoms with van der Waals surface area (Å²) in [6.45, 7) is 6.13. The first-order valence-electron chi connectivity index (χ1n) is 7.40. The zero-order chi connectivity index (χ0) is 15.9. The monoisotopic (exact) mass is 294 g/mol. The lowest BCUT2D eigenvalue weighted by atomic mass is 10.1. The largest absolute Gasteiger partial charge is 0.493 e. The van der Waals surface area contributed by atoms with Gasteiger partial charge in [-0.15, -0.1) is 0 Å². The second kappa shape index (κ2) is 7.51. The Kier molecular flexibility index (Phi) is 5.42. The van der Waals surface area contributed by atoms with E-state index in [0.717, 1.165) is 17.1 Å². The normalized spacial score (nSPS) is 11.7. The maximum absolute atomic E-state index is 5.93. The Morgan fingerprint density at radius 3 is 2.27 bits per heavy atom. The molecule has 0 bridgehead atoms. The van der Waals surface area contributed by atoms with Gasteiger partial charge < -0.3 is 9.47 Å². The summed E-state index contributed by atoms with van der Waals surface area (Å²) >= 11 is 0. The highest BCUT2D eigenvalue weighted by Gasteiger charge is 2.06. The number of methoxy groups -OCH3 is 1. The molecule has 0 radical (unpaired) electrons. The summed E-state index contributed by atoms with van der Waals surface area (Å²) < 4.78 is 11.3. The lowest BCUT2D eigenvalue weighted by molar-refractivity contribution is 0.379. The van der Waals surface area contributed by atoms with E-state index in [4.69, 9.17) is 9.47 Å². The minimum Gasteiger partial charge on any atom is -0.493 e. The molecule has 0 amide bonds. The molecule has 0 aliphatic carbocycles. The average molecular weight is 294 g/mol. The number of hydrogen-bond donors (Lipinski definition) is 0. The van der Waals surface area contributed by atoms with Gasteiger partial charge in [-0.3, -0.25) is 0 Å². The molecule has 0 saturated carbocycles. The first kappa shape index (κ1) is 15.9. The van der Waals surface area contributed by atoms with Crippen LogP contribution in [0, 0.1) is 0 Å². The van der Waals surface area contributed by atoms with Crippen molar-refractivity contribution in [1.29, 1.82) is 0 Å². The Balaban J connectivity index is 2.23. The van der Waals surface area contributed by atoms with Crippen LogP contribution in [0.3, 0.4) is 0 Å². The summed E-state index contributed by atoms with van der Waals surface area (Å²) in [7, 11) is 1.65. The Bertz CT molecular complexity index is 679. The van der Waals surface area contributed by atoms with Crippen molar-refractivity contribution >= 4 is 11.6 Å². The second-order valence-corrected chi connectivity index (χ2v) is 5.01. The number of rotatable bonds is 5. The highest BCUT2D eigenvalue weighted by molar-refractivity contribution is 5.64. The summed E-state index contributed by atoms with van der Waals surface area (Å²) in [5, 5.41) is 0. The van der Waals surface area contributed by atoms with Crippen molar-refractivity contribution in [3.05, 3.63) is 65.7 Å². The SMILES string of the molecule is CC=Cc1ccc(Oc2ccc(C(C)=CC)cc2)c(OC)c1. The van der Waals surface area contributed by atoms with Gasteiger partial charge in [-0.1, -0.05) is 36.4 Å². The summed E-state index contributed by atoms with van der Waals surface area (Å²) in [5.41, 5.74) is 3.54. The fraction of sp³-hybridized carbons (Fsp3) is 0.200. The van der Waals surface area contributed by atoms with Gasteiger partial charge in [0.2, 0.25) is 0 Å². The average Bonchev–Trinajstić information content (AvgIpc) is 2.56. The van der Waals surface area contributed by atoms with Crippen molar-refractivity contribution < 1.29 is 9.47 Å². The molecule has 0 aliphatic heterocycles. The third-order valence-electron chi connectivity index (χ3n) is 3.52. The van der Waals surface area contributed by atoms with Crippen LogP contribution in [0.1, 0.15) is 31.9 Å². The molecule has 22 heavy (non-hydrogen) atoms. The van der Waals surface area contributed by atoms with Crippen molar-refractivity contribution in [3.63, 3.8) is 0 Å². The van der Waals surface area contributed by atoms with Gasteiger partial charge in [0, 0.05) is 0 Å². The Morgan fingerprint density at radius 1 is 0.955 bits per heavy atom. The number of hydrogen-bond acceptors (Lipinski definition) is 2. The summed E-state index contributed by atoms with van der Waals surface area (Å²) in [6, 6.07) is 14.0. The number of allylic oxidation sites excluding steroid dienone is 3. The van der Waals surface area contributed by atoms with Crippen LogP contribution >= 0.6 is 0 Å². The predicted octanol–water partition coefficient (Wildman–Crippen LogP) is 5.94. The van der Waals surface area contributed by atoms with Gasteiger partial charge in [-0.05, 0) is 61.7 Å². The molecule has 0 unspecified atom stereocenters. The first-order valence-corrected chi connectivity index (χ1v) is 7.40. The van der Waals surface area contributed by atoms with Gasteiger partial charge in [0.25, 0.3) is 0 Å². The predicted molar refractivity (Wildman–Crippen MR) is 93.5 cm³/mol. The number of ether oxygens (including phenoxy) is 2. The third kappa shape index (κ3) is 3.79. The molecule has 2 nitrogen and oxygen atoms in total. The maximum atomic E-state index is 5.93. The molecule has 0 N–H and O–H groups in total. The molecule has 0 aliphatic rings. The van der Waals surface area contributed by atoms with Crippen LogP contribution in [0.4, 0.5) is 0 Å². The molecule has 2 rings (SSSR count). The Labute approximate surface area is 132 Å². The molecule has 2 aromatic rings. The van der Waals surface area contributed by atoms with Gasteiger partial charge >= 0.3 is 0 Å². The van der Waals surface area contributed by atoms with Crippen LogP contribution in [0.25, 0.3) is 11.6 Å². The van der Waals surface area contributed by atoms with Gasteiger partial charge in [-0.25, -0.2) is 0 Å². The molecule has 0 saturated heterocycles. The highest BCUT2D eigenvalue weighted by Crippen LogP contribution is 2.33. The van der Waals surface area contributed by atoms with E-state index in [1.807, 2.05) is 56.3 Å². The minimum atomic E-state index is 0.714. The molecule has 0 fully saturated rings. The standard InChI is InChI=1S/C20H22O2/c1-5-7-16-8-13-19(20(14-16)21-4)22-18-11-9-17(10-12-18)15(3)6-2/h5-14H,1-4H3. The van der Waals surface area contributed by atoms with E-state index in [1.54, 1.807) is 7.11 Å². The van der Waals surface area contributed by atoms with Crippen molar-refractivity contribution in [2.75, 3.05) is 7.11 Å². The molecule has 0 atom stereocenters. The van der Waals surface area contributed by atoms with Crippen molar-refractivity contribution in [3.8, 4) is 17.2 Å². The smallest absolute Gasteiger partial charge is 0.169 e. The zero-order valence-electron chi connectivity index (χ0n) is 13.6. The minimum absolute atomic E-state index is 0.714. The topological polar surface area (TPSA) is 18.5 Å². The van der Waals surface area contributed by atoms with Crippen LogP contribution in [-0.4, -0.2) is 7.11 Å². The highest BCUT2D eigenvalue weighted by atomic mass is 16.5. The van der Waals surface area contributed by atoms with Crippen molar-refractivity contribution in [2.24, 2.45) is 0 Å². The molecule has 2 heteroatoms. The third-order valence-corrected chi connectivity index (χ3v) is 3.52. The molecule has 0 aromatic heterocycles. The van der Waals surface area contributed by atoms with Crippen LogP contribution in [0.5, 0.6) is 17.2 Å². The Hall–Kier alpha value is -2.48. The van der Waals surface area contributed by atoms with E-state index in [-0.39, 0.29) is 0 Å². The summed E-state index contributed by atoms with van der Waals surface area (Å²) in [5.74, 6) is 2.24. The fourth-order valence-electron chi connectivity index (χ4n) is 2.14. The molecular weight excluding hydrogens is 272 g/mol. The quantitative estimate of drug-likeness (QED) is 0.679. The van der Waals surface area contributed by atoms with Crippen LogP contribution in [0.15, 0.2) is 54.6 Å². The Morgan fingerprint density at radius 2 is 1.68 bits per heavy atom. The summed E-state index contributed by atoms with van der Waals surface area (Å²) in [4.78, 5) is 0. The zero-order valence-corrected chi connectivity index (χ0v) is 13.6. The van der Waals surface area contributed by atoms with Gasteiger partial charge in [0.1, 0.15) is 5.75 Å². The molecule has 0 heterocycles. The van der Waals surface area contributed by atoms with Gasteiger partial charge in [-0.2, -0.15) is 0 Å². The van der Waals surface area contributed by atoms with Crippen LogP contribution < -0.4 is 9.47 Å². The van der Waals surface area contributed by atoms with Crippen molar-refractivity contribution in [2.45, 2.75) is 20.8 Å². The second-order valence-electron chi connectivity index (χ2n) is 5.01. The molecule has 0 spiro atoms. The molecule has 114 valence electrons. The molecular formula is C20H22O2. The van der Waals surface area contributed by atoms with Crippen molar-refractivity contribution in [1.82, 2.24) is 0 Å². The summed E-state index contributed by atoms with van der Waals surface area (Å²) in [6.07, 6.45) is 6.12. The van der Waals surface area contributed by atoms with Gasteiger partial charge in [0.15, 0.2) is 11.5 Å². The number of benzene rings is 2. The van der Waals surface area contributed by atoms with E-state index in [2.05, 4.69) is 25.1 Å². The lowest BCUT2D eigenvalue weighted by Crippen LogP contribution is -1.91. The van der Waals surface area contributed by atoms with E-state index in [9.17, 15) is 0 Å².